The van der Waals surface area contributed by atoms with Gasteiger partial charge < -0.3 is 5.32 Å². The van der Waals surface area contributed by atoms with Crippen molar-refractivity contribution in [1.82, 2.24) is 14.7 Å². The van der Waals surface area contributed by atoms with Crippen molar-refractivity contribution < 1.29 is 9.18 Å². The highest BCUT2D eigenvalue weighted by molar-refractivity contribution is 5.95. The lowest BCUT2D eigenvalue weighted by Crippen LogP contribution is -2.36. The summed E-state index contributed by atoms with van der Waals surface area (Å²) in [5.74, 6) is -0.497. The van der Waals surface area contributed by atoms with Gasteiger partial charge in [-0.2, -0.15) is 0 Å². The van der Waals surface area contributed by atoms with Crippen molar-refractivity contribution in [2.45, 2.75) is 64.3 Å². The van der Waals surface area contributed by atoms with Gasteiger partial charge in [0.25, 0.3) is 5.91 Å². The van der Waals surface area contributed by atoms with Gasteiger partial charge in [-0.1, -0.05) is 39.0 Å². The summed E-state index contributed by atoms with van der Waals surface area (Å²) < 4.78 is 15.1. The molecule has 0 saturated heterocycles. The van der Waals surface area contributed by atoms with E-state index in [0.29, 0.717) is 17.8 Å². The van der Waals surface area contributed by atoms with E-state index >= 15 is 0 Å². The van der Waals surface area contributed by atoms with Gasteiger partial charge in [0.15, 0.2) is 0 Å². The van der Waals surface area contributed by atoms with Gasteiger partial charge >= 0.3 is 0 Å². The quantitative estimate of drug-likeness (QED) is 0.934. The Kier molecular flexibility index (Phi) is 4.94. The van der Waals surface area contributed by atoms with E-state index in [4.69, 9.17) is 0 Å². The van der Waals surface area contributed by atoms with Crippen LogP contribution in [0.4, 0.5) is 4.39 Å². The number of hydrogen-bond acceptors (Lipinski definition) is 2. The van der Waals surface area contributed by atoms with Crippen LogP contribution in [0, 0.1) is 5.82 Å². The number of nitrogens with zero attached hydrogens (tertiary/aromatic N) is 2. The van der Waals surface area contributed by atoms with Crippen LogP contribution in [0.15, 0.2) is 18.3 Å². The Balaban J connectivity index is 1.85. The van der Waals surface area contributed by atoms with E-state index in [9.17, 15) is 9.18 Å². The van der Waals surface area contributed by atoms with E-state index in [0.717, 1.165) is 31.4 Å². The third kappa shape index (κ3) is 3.54. The molecule has 1 fully saturated rings. The largest absolute Gasteiger partial charge is 0.348 e. The van der Waals surface area contributed by atoms with Gasteiger partial charge in [-0.3, -0.25) is 9.20 Å². The average molecular weight is 317 g/mol. The lowest BCUT2D eigenvalue weighted by Gasteiger charge is -2.21. The molecule has 2 heterocycles. The molecule has 0 spiro atoms. The first-order chi connectivity index (χ1) is 11.2. The molecule has 1 aliphatic rings. The minimum atomic E-state index is -0.363. The number of fused-ring (bicyclic) bond motifs is 1. The molecule has 0 aromatic carbocycles. The van der Waals surface area contributed by atoms with E-state index < -0.39 is 0 Å². The number of nitrogens with one attached hydrogen (secondary N) is 1. The summed E-state index contributed by atoms with van der Waals surface area (Å²) in [6.45, 7) is 1.96. The van der Waals surface area contributed by atoms with Crippen LogP contribution in [0.1, 0.15) is 68.1 Å². The van der Waals surface area contributed by atoms with Gasteiger partial charge in [-0.25, -0.2) is 9.37 Å². The smallest absolute Gasteiger partial charge is 0.270 e. The van der Waals surface area contributed by atoms with Crippen LogP contribution in [0.5, 0.6) is 0 Å². The number of halogens is 1. The number of rotatable bonds is 3. The fraction of sp³-hybridized carbons (Fsp3) is 0.556. The van der Waals surface area contributed by atoms with Gasteiger partial charge in [-0.15, -0.1) is 0 Å². The Bertz CT molecular complexity index is 687. The first-order valence-electron chi connectivity index (χ1n) is 8.66. The van der Waals surface area contributed by atoms with Crippen LogP contribution in [0.2, 0.25) is 0 Å². The van der Waals surface area contributed by atoms with Gasteiger partial charge in [0, 0.05) is 12.2 Å². The minimum absolute atomic E-state index is 0.134. The number of hydrogen-bond donors (Lipinski definition) is 1. The number of aryl methyl sites for hydroxylation is 1. The van der Waals surface area contributed by atoms with E-state index in [1.807, 2.05) is 6.92 Å². The summed E-state index contributed by atoms with van der Waals surface area (Å²) in [6, 6.07) is 3.20. The Morgan fingerprint density at radius 1 is 1.26 bits per heavy atom. The number of carbonyl (C=O) groups excluding carboxylic acids is 1. The highest BCUT2D eigenvalue weighted by atomic mass is 19.1. The molecule has 124 valence electrons. The van der Waals surface area contributed by atoms with Crippen molar-refractivity contribution >= 4 is 11.6 Å². The first kappa shape index (κ1) is 16.0. The molecule has 1 amide bonds. The summed E-state index contributed by atoms with van der Waals surface area (Å²) in [6.07, 6.45) is 10.1. The molecule has 1 aliphatic carbocycles. The minimum Gasteiger partial charge on any atom is -0.348 e. The Morgan fingerprint density at radius 2 is 1.96 bits per heavy atom. The van der Waals surface area contributed by atoms with Crippen molar-refractivity contribution in [1.29, 1.82) is 0 Å². The van der Waals surface area contributed by atoms with Gasteiger partial charge in [0.1, 0.15) is 17.2 Å². The molecule has 5 heteroatoms. The Morgan fingerprint density at radius 3 is 2.65 bits per heavy atom. The zero-order valence-corrected chi connectivity index (χ0v) is 13.6. The maximum atomic E-state index is 13.6. The van der Waals surface area contributed by atoms with Gasteiger partial charge in [0.2, 0.25) is 0 Å². The topological polar surface area (TPSA) is 46.4 Å². The standard InChI is InChI=1S/C18H24FN3O/c1-2-15-17(22-12-13(19)10-11-16(22)21-15)18(23)20-14-8-6-4-3-5-7-9-14/h10-12,14H,2-9H2,1H3,(H,20,23). The number of aromatic nitrogens is 2. The monoisotopic (exact) mass is 317 g/mol. The van der Waals surface area contributed by atoms with Gasteiger partial charge in [-0.05, 0) is 31.4 Å². The highest BCUT2D eigenvalue weighted by Gasteiger charge is 2.21. The van der Waals surface area contributed by atoms with Crippen molar-refractivity contribution in [2.75, 3.05) is 0 Å². The molecular weight excluding hydrogens is 293 g/mol. The fourth-order valence-electron chi connectivity index (χ4n) is 3.41. The molecule has 4 nitrogen and oxygen atoms in total. The number of pyridine rings is 1. The number of carbonyl (C=O) groups is 1. The van der Waals surface area contributed by atoms with Crippen molar-refractivity contribution in [2.24, 2.45) is 0 Å². The number of imidazole rings is 1. The third-order valence-corrected chi connectivity index (χ3v) is 4.64. The molecule has 2 aromatic heterocycles. The van der Waals surface area contributed by atoms with Crippen LogP contribution < -0.4 is 5.32 Å². The van der Waals surface area contributed by atoms with Crippen LogP contribution in [0.3, 0.4) is 0 Å². The zero-order valence-electron chi connectivity index (χ0n) is 13.6. The second-order valence-electron chi connectivity index (χ2n) is 6.35. The first-order valence-corrected chi connectivity index (χ1v) is 8.66. The van der Waals surface area contributed by atoms with Crippen LogP contribution in [0.25, 0.3) is 5.65 Å². The summed E-state index contributed by atoms with van der Waals surface area (Å²) in [5, 5.41) is 3.15. The molecule has 0 atom stereocenters. The summed E-state index contributed by atoms with van der Waals surface area (Å²) in [4.78, 5) is 17.2. The van der Waals surface area contributed by atoms with E-state index in [-0.39, 0.29) is 17.8 Å². The molecule has 0 radical (unpaired) electrons. The highest BCUT2D eigenvalue weighted by Crippen LogP contribution is 2.19. The lowest BCUT2D eigenvalue weighted by atomic mass is 9.96. The molecule has 1 N–H and O–H groups in total. The average Bonchev–Trinajstić information content (AvgIpc) is 2.87. The summed E-state index contributed by atoms with van der Waals surface area (Å²) in [5.41, 5.74) is 1.81. The second-order valence-corrected chi connectivity index (χ2v) is 6.35. The Hall–Kier alpha value is -1.91. The van der Waals surface area contributed by atoms with Crippen molar-refractivity contribution in [3.63, 3.8) is 0 Å². The maximum Gasteiger partial charge on any atom is 0.270 e. The second kappa shape index (κ2) is 7.11. The molecule has 0 aliphatic heterocycles. The van der Waals surface area contributed by atoms with E-state index in [1.165, 1.54) is 31.5 Å². The van der Waals surface area contributed by atoms with Gasteiger partial charge in [0.05, 0.1) is 5.69 Å². The fourth-order valence-corrected chi connectivity index (χ4v) is 3.41. The summed E-state index contributed by atoms with van der Waals surface area (Å²) in [7, 11) is 0. The molecule has 3 rings (SSSR count). The Labute approximate surface area is 136 Å². The van der Waals surface area contributed by atoms with Crippen molar-refractivity contribution in [3.8, 4) is 0 Å². The van der Waals surface area contributed by atoms with Crippen molar-refractivity contribution in [3.05, 3.63) is 35.5 Å². The SMILES string of the molecule is CCc1nc2ccc(F)cn2c1C(=O)NC1CCCCCCC1. The normalized spacial score (nSPS) is 17.0. The molecule has 23 heavy (non-hydrogen) atoms. The molecule has 1 saturated carbocycles. The zero-order chi connectivity index (χ0) is 16.2. The molecule has 0 unspecified atom stereocenters. The van der Waals surface area contributed by atoms with Crippen LogP contribution >= 0.6 is 0 Å². The maximum absolute atomic E-state index is 13.6. The predicted molar refractivity (Wildman–Crippen MR) is 88.1 cm³/mol. The molecular formula is C18H24FN3O. The van der Waals surface area contributed by atoms with Crippen LogP contribution in [-0.4, -0.2) is 21.3 Å². The lowest BCUT2D eigenvalue weighted by molar-refractivity contribution is 0.0923. The number of amides is 1. The predicted octanol–water partition coefficient (Wildman–Crippen LogP) is 3.88. The summed E-state index contributed by atoms with van der Waals surface area (Å²) >= 11 is 0. The molecule has 0 bridgehead atoms. The third-order valence-electron chi connectivity index (χ3n) is 4.64. The van der Waals surface area contributed by atoms with E-state index in [2.05, 4.69) is 10.3 Å². The molecule has 2 aromatic rings. The van der Waals surface area contributed by atoms with E-state index in [1.54, 1.807) is 10.5 Å². The van der Waals surface area contributed by atoms with Crippen LogP contribution in [-0.2, 0) is 6.42 Å².